The number of carbonyl (C=O) groups is 3. The van der Waals surface area contributed by atoms with Crippen LogP contribution in [-0.4, -0.2) is 67.5 Å². The maximum Gasteiger partial charge on any atom is 0.240 e. The molecule has 2 aliphatic carbocycles. The molecule has 40 heavy (non-hydrogen) atoms. The van der Waals surface area contributed by atoms with Gasteiger partial charge in [0.25, 0.3) is 0 Å². The summed E-state index contributed by atoms with van der Waals surface area (Å²) in [5, 5.41) is 19.5. The zero-order valence-corrected chi connectivity index (χ0v) is 24.2. The van der Waals surface area contributed by atoms with Gasteiger partial charge < -0.3 is 44.2 Å². The van der Waals surface area contributed by atoms with E-state index in [1.807, 2.05) is 0 Å². The van der Waals surface area contributed by atoms with Crippen molar-refractivity contribution in [3.63, 3.8) is 0 Å². The summed E-state index contributed by atoms with van der Waals surface area (Å²) in [5.74, 6) is -0.140. The summed E-state index contributed by atoms with van der Waals surface area (Å²) in [4.78, 5) is 38.4. The van der Waals surface area contributed by atoms with Crippen molar-refractivity contribution in [1.29, 1.82) is 5.41 Å². The molecule has 4 atom stereocenters. The molecule has 2 rings (SSSR count). The van der Waals surface area contributed by atoms with Crippen LogP contribution in [0.1, 0.15) is 96.3 Å². The van der Waals surface area contributed by atoms with Crippen LogP contribution in [0.4, 0.5) is 0 Å². The van der Waals surface area contributed by atoms with Crippen LogP contribution in [0, 0.1) is 17.2 Å². The van der Waals surface area contributed by atoms with Crippen molar-refractivity contribution in [3.8, 4) is 0 Å². The van der Waals surface area contributed by atoms with Crippen LogP contribution in [0.2, 0.25) is 0 Å². The molecule has 2 fully saturated rings. The fourth-order valence-electron chi connectivity index (χ4n) is 6.01. The third kappa shape index (κ3) is 13.3. The van der Waals surface area contributed by atoms with Crippen molar-refractivity contribution < 1.29 is 14.4 Å². The molecule has 0 aromatic carbocycles. The standard InChI is InChI=1S/C28H55N9O3/c29-14-6-5-13-23(25(31)38)37-27(40)24(17-20-10-3-4-11-20)35-18-21(12-7-15-34-28(32)33)36-26(39)22(30)16-19-8-1-2-9-19/h19-24,35H,1-18,29-30H2,(H2,31,38)(H,36,39)(H,37,40)(H4,32,33,34)/t21-,22+,23+,24+/m1/s1. The van der Waals surface area contributed by atoms with Gasteiger partial charge in [-0.15, -0.1) is 0 Å². The fourth-order valence-corrected chi connectivity index (χ4v) is 6.01. The zero-order chi connectivity index (χ0) is 29.3. The first kappa shape index (κ1) is 33.8. The second-order valence-corrected chi connectivity index (χ2v) is 11.8. The van der Waals surface area contributed by atoms with Gasteiger partial charge in [0.2, 0.25) is 17.7 Å². The minimum absolute atomic E-state index is 0.0962. The fraction of sp³-hybridized carbons (Fsp3) is 0.857. The van der Waals surface area contributed by atoms with Crippen molar-refractivity contribution >= 4 is 23.7 Å². The lowest BCUT2D eigenvalue weighted by Gasteiger charge is -2.27. The van der Waals surface area contributed by atoms with Gasteiger partial charge in [0, 0.05) is 19.1 Å². The second-order valence-electron chi connectivity index (χ2n) is 11.8. The molecule has 0 bridgehead atoms. The maximum absolute atomic E-state index is 13.4. The summed E-state index contributed by atoms with van der Waals surface area (Å²) in [7, 11) is 0. The molecule has 12 nitrogen and oxygen atoms in total. The predicted molar refractivity (Wildman–Crippen MR) is 158 cm³/mol. The Kier molecular flexibility index (Phi) is 15.9. The summed E-state index contributed by atoms with van der Waals surface area (Å²) in [6.07, 6.45) is 13.7. The highest BCUT2D eigenvalue weighted by atomic mass is 16.2. The first-order valence-electron chi connectivity index (χ1n) is 15.4. The van der Waals surface area contributed by atoms with Gasteiger partial charge in [0.05, 0.1) is 12.1 Å². The summed E-state index contributed by atoms with van der Waals surface area (Å²) < 4.78 is 0. The van der Waals surface area contributed by atoms with E-state index in [1.54, 1.807) is 0 Å². The Labute approximate surface area is 239 Å². The van der Waals surface area contributed by atoms with E-state index in [9.17, 15) is 14.4 Å². The molecule has 0 aromatic rings. The molecule has 0 heterocycles. The Bertz CT molecular complexity index is 785. The monoisotopic (exact) mass is 565 g/mol. The van der Waals surface area contributed by atoms with Crippen LogP contribution in [0.5, 0.6) is 0 Å². The molecule has 2 aliphatic rings. The van der Waals surface area contributed by atoms with E-state index < -0.39 is 24.0 Å². The maximum atomic E-state index is 13.4. The molecule has 230 valence electrons. The van der Waals surface area contributed by atoms with Gasteiger partial charge in [-0.1, -0.05) is 51.4 Å². The van der Waals surface area contributed by atoms with E-state index >= 15 is 0 Å². The SMILES string of the molecule is N=C(N)NCCC[C@H](CN[C@@H](CC1CCCC1)C(=O)N[C@@H](CCCCN)C(N)=O)NC(=O)[C@@H](N)CC1CCCC1. The van der Waals surface area contributed by atoms with Crippen LogP contribution in [0.25, 0.3) is 0 Å². The van der Waals surface area contributed by atoms with Gasteiger partial charge in [-0.2, -0.15) is 0 Å². The Morgan fingerprint density at radius 1 is 0.800 bits per heavy atom. The molecule has 0 saturated heterocycles. The Balaban J connectivity index is 2.03. The average molecular weight is 566 g/mol. The number of carbonyl (C=O) groups excluding carboxylic acids is 3. The van der Waals surface area contributed by atoms with Crippen molar-refractivity contribution in [2.75, 3.05) is 19.6 Å². The zero-order valence-electron chi connectivity index (χ0n) is 24.2. The number of nitrogens with two attached hydrogens (primary N) is 4. The first-order valence-corrected chi connectivity index (χ1v) is 15.4. The predicted octanol–water partition coefficient (Wildman–Crippen LogP) is 0.280. The number of unbranched alkanes of at least 4 members (excludes halogenated alkanes) is 1. The van der Waals surface area contributed by atoms with Gasteiger partial charge in [0.1, 0.15) is 6.04 Å². The van der Waals surface area contributed by atoms with Crippen LogP contribution in [-0.2, 0) is 14.4 Å². The molecule has 0 aliphatic heterocycles. The van der Waals surface area contributed by atoms with E-state index in [2.05, 4.69) is 21.3 Å². The number of nitrogens with one attached hydrogen (secondary N) is 5. The van der Waals surface area contributed by atoms with Gasteiger partial charge in [-0.3, -0.25) is 19.8 Å². The lowest BCUT2D eigenvalue weighted by molar-refractivity contribution is -0.129. The summed E-state index contributed by atoms with van der Waals surface area (Å²) in [6, 6.07) is -2.08. The van der Waals surface area contributed by atoms with Crippen LogP contribution >= 0.6 is 0 Å². The Morgan fingerprint density at radius 2 is 1.43 bits per heavy atom. The van der Waals surface area contributed by atoms with E-state index in [0.29, 0.717) is 70.0 Å². The number of primary amides is 1. The van der Waals surface area contributed by atoms with Gasteiger partial charge in [0.15, 0.2) is 5.96 Å². The van der Waals surface area contributed by atoms with E-state index in [1.165, 1.54) is 12.8 Å². The lowest BCUT2D eigenvalue weighted by atomic mass is 9.96. The third-order valence-electron chi connectivity index (χ3n) is 8.37. The number of guanidine groups is 1. The third-order valence-corrected chi connectivity index (χ3v) is 8.37. The van der Waals surface area contributed by atoms with Gasteiger partial charge in [-0.05, 0) is 63.3 Å². The molecular formula is C28H55N9O3. The topological polar surface area (TPSA) is 227 Å². The molecule has 0 unspecified atom stereocenters. The van der Waals surface area contributed by atoms with E-state index in [0.717, 1.165) is 44.9 Å². The molecule has 12 heteroatoms. The smallest absolute Gasteiger partial charge is 0.240 e. The Hall–Kier alpha value is -2.44. The van der Waals surface area contributed by atoms with E-state index in [4.69, 9.17) is 28.3 Å². The van der Waals surface area contributed by atoms with Crippen LogP contribution in [0.3, 0.4) is 0 Å². The molecule has 0 spiro atoms. The summed E-state index contributed by atoms with van der Waals surface area (Å²) in [5.41, 5.74) is 22.9. The molecule has 2 saturated carbocycles. The second kappa shape index (κ2) is 18.8. The molecule has 3 amide bonds. The van der Waals surface area contributed by atoms with E-state index in [-0.39, 0.29) is 23.8 Å². The van der Waals surface area contributed by atoms with Crippen molar-refractivity contribution in [3.05, 3.63) is 0 Å². The van der Waals surface area contributed by atoms with Crippen molar-refractivity contribution in [1.82, 2.24) is 21.3 Å². The molecule has 0 radical (unpaired) electrons. The minimum Gasteiger partial charge on any atom is -0.370 e. The molecule has 13 N–H and O–H groups in total. The highest BCUT2D eigenvalue weighted by Crippen LogP contribution is 2.29. The summed E-state index contributed by atoms with van der Waals surface area (Å²) in [6.45, 7) is 1.40. The number of hydrogen-bond acceptors (Lipinski definition) is 7. The molecular weight excluding hydrogens is 510 g/mol. The Morgan fingerprint density at radius 3 is 2.00 bits per heavy atom. The largest absolute Gasteiger partial charge is 0.370 e. The van der Waals surface area contributed by atoms with Crippen molar-refractivity contribution in [2.45, 2.75) is 120 Å². The average Bonchev–Trinajstić information content (AvgIpc) is 3.62. The van der Waals surface area contributed by atoms with Gasteiger partial charge in [-0.25, -0.2) is 0 Å². The lowest BCUT2D eigenvalue weighted by Crippen LogP contribution is -2.55. The minimum atomic E-state index is -0.742. The normalized spacial score (nSPS) is 19.1. The van der Waals surface area contributed by atoms with Gasteiger partial charge >= 0.3 is 0 Å². The quantitative estimate of drug-likeness (QED) is 0.0564. The number of hydrogen-bond donors (Lipinski definition) is 9. The molecule has 0 aromatic heterocycles. The summed E-state index contributed by atoms with van der Waals surface area (Å²) >= 11 is 0. The van der Waals surface area contributed by atoms with Crippen LogP contribution in [0.15, 0.2) is 0 Å². The number of amides is 3. The first-order chi connectivity index (χ1) is 19.2. The van der Waals surface area contributed by atoms with Crippen LogP contribution < -0.4 is 44.2 Å². The highest BCUT2D eigenvalue weighted by molar-refractivity contribution is 5.89. The highest BCUT2D eigenvalue weighted by Gasteiger charge is 2.29. The number of rotatable bonds is 20. The van der Waals surface area contributed by atoms with Crippen molar-refractivity contribution in [2.24, 2.45) is 34.8 Å².